The Hall–Kier alpha value is -1.79. The third-order valence-corrected chi connectivity index (χ3v) is 2.32. The lowest BCUT2D eigenvalue weighted by Gasteiger charge is -2.01. The topological polar surface area (TPSA) is 49.3 Å². The molecule has 2 N–H and O–H groups in total. The molecule has 0 unspecified atom stereocenters. The van der Waals surface area contributed by atoms with E-state index in [0.29, 0.717) is 13.0 Å². The maximum Gasteiger partial charge on any atom is 0.216 e. The van der Waals surface area contributed by atoms with Crippen molar-refractivity contribution in [2.75, 3.05) is 6.54 Å². The van der Waals surface area contributed by atoms with Crippen molar-refractivity contribution in [2.24, 2.45) is 0 Å². The molecule has 0 saturated carbocycles. The third-order valence-electron chi connectivity index (χ3n) is 2.32. The molecule has 3 heteroatoms. The number of carbonyl (C=O) groups excluding carboxylic acids is 1. The maximum absolute atomic E-state index is 10.6. The van der Waals surface area contributed by atoms with Gasteiger partial charge in [0.2, 0.25) is 5.91 Å². The number of aliphatic hydroxyl groups is 1. The van der Waals surface area contributed by atoms with Crippen LogP contribution in [0.25, 0.3) is 0 Å². The summed E-state index contributed by atoms with van der Waals surface area (Å²) in [5, 5.41) is 11.7. The van der Waals surface area contributed by atoms with Crippen LogP contribution in [0.5, 0.6) is 0 Å². The van der Waals surface area contributed by atoms with Crippen molar-refractivity contribution in [1.29, 1.82) is 0 Å². The molecule has 0 radical (unpaired) electrons. The van der Waals surface area contributed by atoms with Gasteiger partial charge in [-0.05, 0) is 24.1 Å². The first-order valence-electron chi connectivity index (χ1n) is 5.57. The summed E-state index contributed by atoms with van der Waals surface area (Å²) in [6.45, 7) is 4.09. The molecule has 0 aliphatic rings. The molecular weight excluding hydrogens is 214 g/mol. The van der Waals surface area contributed by atoms with Crippen LogP contribution in [0.4, 0.5) is 0 Å². The molecule has 0 saturated heterocycles. The number of benzene rings is 1. The Labute approximate surface area is 102 Å². The molecule has 1 amide bonds. The number of aryl methyl sites for hydroxylation is 1. The van der Waals surface area contributed by atoms with Gasteiger partial charge in [0.1, 0.15) is 0 Å². The molecule has 0 heterocycles. The molecule has 0 bridgehead atoms. The van der Waals surface area contributed by atoms with Gasteiger partial charge in [0, 0.05) is 25.5 Å². The Balaban J connectivity index is 2.57. The minimum atomic E-state index is -0.0321. The first-order valence-corrected chi connectivity index (χ1v) is 5.57. The molecule has 0 atom stereocenters. The molecule has 1 aromatic carbocycles. The lowest BCUT2D eigenvalue weighted by atomic mass is 10.1. The van der Waals surface area contributed by atoms with E-state index in [1.165, 1.54) is 6.92 Å². The minimum Gasteiger partial charge on any atom is -0.392 e. The van der Waals surface area contributed by atoms with Crippen molar-refractivity contribution in [3.05, 3.63) is 34.9 Å². The van der Waals surface area contributed by atoms with Crippen LogP contribution < -0.4 is 5.32 Å². The molecule has 90 valence electrons. The smallest absolute Gasteiger partial charge is 0.216 e. The van der Waals surface area contributed by atoms with Gasteiger partial charge < -0.3 is 10.4 Å². The van der Waals surface area contributed by atoms with Crippen LogP contribution in [0.15, 0.2) is 18.2 Å². The van der Waals surface area contributed by atoms with E-state index < -0.39 is 0 Å². The fourth-order valence-electron chi connectivity index (χ4n) is 1.42. The van der Waals surface area contributed by atoms with Crippen molar-refractivity contribution >= 4 is 5.91 Å². The number of carbonyl (C=O) groups is 1. The summed E-state index contributed by atoms with van der Waals surface area (Å²) in [6.07, 6.45) is 0.640. The minimum absolute atomic E-state index is 0.0321. The maximum atomic E-state index is 10.6. The average Bonchev–Trinajstić information content (AvgIpc) is 2.30. The SMILES string of the molecule is CC(=O)NCCC#Cc1ccc(CO)cc1C. The lowest BCUT2D eigenvalue weighted by molar-refractivity contribution is -0.118. The first-order chi connectivity index (χ1) is 8.13. The van der Waals surface area contributed by atoms with E-state index in [0.717, 1.165) is 16.7 Å². The summed E-state index contributed by atoms with van der Waals surface area (Å²) in [5.41, 5.74) is 2.92. The molecule has 17 heavy (non-hydrogen) atoms. The second-order valence-corrected chi connectivity index (χ2v) is 3.84. The zero-order valence-corrected chi connectivity index (χ0v) is 10.2. The fourth-order valence-corrected chi connectivity index (χ4v) is 1.42. The van der Waals surface area contributed by atoms with E-state index in [9.17, 15) is 4.79 Å². The monoisotopic (exact) mass is 231 g/mol. The number of aliphatic hydroxyl groups excluding tert-OH is 1. The molecule has 1 aromatic rings. The summed E-state index contributed by atoms with van der Waals surface area (Å²) in [7, 11) is 0. The Bertz CT molecular complexity index is 455. The van der Waals surface area contributed by atoms with E-state index in [2.05, 4.69) is 17.2 Å². The Kier molecular flexibility index (Phi) is 5.25. The second-order valence-electron chi connectivity index (χ2n) is 3.84. The lowest BCUT2D eigenvalue weighted by Crippen LogP contribution is -2.20. The van der Waals surface area contributed by atoms with Gasteiger partial charge in [0.25, 0.3) is 0 Å². The van der Waals surface area contributed by atoms with E-state index in [-0.39, 0.29) is 12.5 Å². The highest BCUT2D eigenvalue weighted by Gasteiger charge is 1.96. The van der Waals surface area contributed by atoms with Crippen molar-refractivity contribution in [3.8, 4) is 11.8 Å². The van der Waals surface area contributed by atoms with Crippen LogP contribution >= 0.6 is 0 Å². The highest BCUT2D eigenvalue weighted by Crippen LogP contribution is 2.09. The van der Waals surface area contributed by atoms with Crippen molar-refractivity contribution in [1.82, 2.24) is 5.32 Å². The number of rotatable bonds is 3. The number of hydrogen-bond acceptors (Lipinski definition) is 2. The van der Waals surface area contributed by atoms with E-state index in [1.807, 2.05) is 25.1 Å². The summed E-state index contributed by atoms with van der Waals surface area (Å²) in [6, 6.07) is 5.70. The number of hydrogen-bond donors (Lipinski definition) is 2. The zero-order valence-electron chi connectivity index (χ0n) is 10.2. The van der Waals surface area contributed by atoms with Gasteiger partial charge >= 0.3 is 0 Å². The predicted octanol–water partition coefficient (Wildman–Crippen LogP) is 1.37. The standard InChI is InChI=1S/C14H17NO2/c1-11-9-13(10-16)6-7-14(11)5-3-4-8-15-12(2)17/h6-7,9,16H,4,8,10H2,1-2H3,(H,15,17). The molecule has 0 aromatic heterocycles. The molecule has 0 fully saturated rings. The summed E-state index contributed by atoms with van der Waals surface area (Å²) >= 11 is 0. The molecule has 3 nitrogen and oxygen atoms in total. The van der Waals surface area contributed by atoms with Crippen LogP contribution in [0.3, 0.4) is 0 Å². The first kappa shape index (κ1) is 13.3. The largest absolute Gasteiger partial charge is 0.392 e. The van der Waals surface area contributed by atoms with Crippen LogP contribution in [0.2, 0.25) is 0 Å². The van der Waals surface area contributed by atoms with Crippen LogP contribution in [-0.4, -0.2) is 17.6 Å². The van der Waals surface area contributed by atoms with Gasteiger partial charge in [-0.1, -0.05) is 24.0 Å². The molecule has 0 aliphatic carbocycles. The molecule has 0 spiro atoms. The highest BCUT2D eigenvalue weighted by molar-refractivity contribution is 5.72. The van der Waals surface area contributed by atoms with Gasteiger partial charge in [-0.2, -0.15) is 0 Å². The second kappa shape index (κ2) is 6.72. The molecular formula is C14H17NO2. The summed E-state index contributed by atoms with van der Waals surface area (Å²) < 4.78 is 0. The Morgan fingerprint density at radius 1 is 1.47 bits per heavy atom. The number of amides is 1. The van der Waals surface area contributed by atoms with Gasteiger partial charge in [-0.15, -0.1) is 0 Å². The summed E-state index contributed by atoms with van der Waals surface area (Å²) in [4.78, 5) is 10.6. The zero-order chi connectivity index (χ0) is 12.7. The van der Waals surface area contributed by atoms with E-state index >= 15 is 0 Å². The van der Waals surface area contributed by atoms with Gasteiger partial charge in [0.15, 0.2) is 0 Å². The van der Waals surface area contributed by atoms with Crippen molar-refractivity contribution < 1.29 is 9.90 Å². The van der Waals surface area contributed by atoms with Crippen LogP contribution in [0, 0.1) is 18.8 Å². The molecule has 1 rings (SSSR count). The Morgan fingerprint density at radius 2 is 2.24 bits per heavy atom. The van der Waals surface area contributed by atoms with Gasteiger partial charge in [-0.25, -0.2) is 0 Å². The quantitative estimate of drug-likeness (QED) is 0.609. The normalized spacial score (nSPS) is 9.35. The summed E-state index contributed by atoms with van der Waals surface area (Å²) in [5.74, 6) is 6.03. The Morgan fingerprint density at radius 3 is 2.82 bits per heavy atom. The van der Waals surface area contributed by atoms with Crippen LogP contribution in [0.1, 0.15) is 30.0 Å². The van der Waals surface area contributed by atoms with Crippen molar-refractivity contribution in [3.63, 3.8) is 0 Å². The number of nitrogens with one attached hydrogen (secondary N) is 1. The van der Waals surface area contributed by atoms with E-state index in [4.69, 9.17) is 5.11 Å². The van der Waals surface area contributed by atoms with Gasteiger partial charge in [-0.3, -0.25) is 4.79 Å². The fraction of sp³-hybridized carbons (Fsp3) is 0.357. The van der Waals surface area contributed by atoms with Crippen molar-refractivity contribution in [2.45, 2.75) is 26.9 Å². The highest BCUT2D eigenvalue weighted by atomic mass is 16.3. The third kappa shape index (κ3) is 4.71. The van der Waals surface area contributed by atoms with E-state index in [1.54, 1.807) is 0 Å². The van der Waals surface area contributed by atoms with Gasteiger partial charge in [0.05, 0.1) is 6.61 Å². The predicted molar refractivity (Wildman–Crippen MR) is 67.3 cm³/mol. The molecule has 0 aliphatic heterocycles. The van der Waals surface area contributed by atoms with Crippen LogP contribution in [-0.2, 0) is 11.4 Å². The average molecular weight is 231 g/mol.